The molecule has 0 aromatic carbocycles. The molecular weight excluding hydrogens is 250 g/mol. The van der Waals surface area contributed by atoms with Gasteiger partial charge >= 0.3 is 0 Å². The minimum absolute atomic E-state index is 0.458. The molecule has 0 radical (unpaired) electrons. The molecule has 2 aromatic rings. The van der Waals surface area contributed by atoms with Crippen molar-refractivity contribution in [3.63, 3.8) is 0 Å². The Hall–Kier alpha value is -1.36. The molecule has 2 fully saturated rings. The second kappa shape index (κ2) is 3.57. The van der Waals surface area contributed by atoms with Gasteiger partial charge in [-0.2, -0.15) is 5.10 Å². The van der Waals surface area contributed by atoms with E-state index >= 15 is 0 Å². The van der Waals surface area contributed by atoms with Crippen LogP contribution in [0.15, 0.2) is 6.20 Å². The lowest BCUT2D eigenvalue weighted by atomic mass is 9.94. The average Bonchev–Trinajstić information content (AvgIpc) is 3.06. The number of fused-ring (bicyclic) bond motifs is 1. The van der Waals surface area contributed by atoms with Crippen LogP contribution in [-0.4, -0.2) is 33.3 Å². The largest absolute Gasteiger partial charge is 0.355 e. The normalized spacial score (nSPS) is 21.7. The number of hydrogen-bond donors (Lipinski definition) is 1. The third-order valence-electron chi connectivity index (χ3n) is 4.31. The van der Waals surface area contributed by atoms with Gasteiger partial charge in [-0.1, -0.05) is 11.6 Å². The summed E-state index contributed by atoms with van der Waals surface area (Å²) in [5.74, 6) is 0.918. The molecule has 1 aliphatic carbocycles. The topological polar surface area (TPSA) is 57.7 Å². The van der Waals surface area contributed by atoms with E-state index < -0.39 is 0 Å². The molecule has 0 atom stereocenters. The van der Waals surface area contributed by atoms with Gasteiger partial charge in [0.1, 0.15) is 11.3 Å². The average molecular weight is 264 g/mol. The van der Waals surface area contributed by atoms with Gasteiger partial charge in [0.15, 0.2) is 5.15 Å². The van der Waals surface area contributed by atoms with Crippen molar-refractivity contribution in [2.75, 3.05) is 18.0 Å². The molecule has 1 saturated heterocycles. The smallest absolute Gasteiger partial charge is 0.203 e. The Kier molecular flexibility index (Phi) is 2.09. The van der Waals surface area contributed by atoms with Crippen LogP contribution in [0.1, 0.15) is 25.7 Å². The first-order valence-corrected chi connectivity index (χ1v) is 6.75. The van der Waals surface area contributed by atoms with Gasteiger partial charge in [0, 0.05) is 13.1 Å². The standard InChI is InChI=1S/C12H14ClN5/c13-10-9-11(17-16-10)15-8(7-14-9)18-5-3-12(1-2-12)4-6-18/h7H,1-6H2,(H,15,16,17). The lowest BCUT2D eigenvalue weighted by molar-refractivity contribution is 0.383. The summed E-state index contributed by atoms with van der Waals surface area (Å²) in [6.45, 7) is 2.16. The van der Waals surface area contributed by atoms with Crippen LogP contribution in [0.25, 0.3) is 11.2 Å². The second-order valence-electron chi connectivity index (χ2n) is 5.43. The third kappa shape index (κ3) is 1.57. The minimum Gasteiger partial charge on any atom is -0.355 e. The summed E-state index contributed by atoms with van der Waals surface area (Å²) < 4.78 is 0. The van der Waals surface area contributed by atoms with Gasteiger partial charge in [-0.05, 0) is 31.1 Å². The molecule has 0 amide bonds. The summed E-state index contributed by atoms with van der Waals surface area (Å²) in [7, 11) is 0. The van der Waals surface area contributed by atoms with E-state index in [1.54, 1.807) is 6.20 Å². The van der Waals surface area contributed by atoms with Crippen LogP contribution in [-0.2, 0) is 0 Å². The zero-order valence-electron chi connectivity index (χ0n) is 9.99. The van der Waals surface area contributed by atoms with E-state index in [0.29, 0.717) is 21.7 Å². The van der Waals surface area contributed by atoms with Crippen molar-refractivity contribution in [3.8, 4) is 0 Å². The maximum Gasteiger partial charge on any atom is 0.203 e. The van der Waals surface area contributed by atoms with Crippen molar-refractivity contribution in [2.45, 2.75) is 25.7 Å². The van der Waals surface area contributed by atoms with Gasteiger partial charge < -0.3 is 4.90 Å². The minimum atomic E-state index is 0.458. The Balaban J connectivity index is 1.62. The van der Waals surface area contributed by atoms with E-state index in [-0.39, 0.29) is 0 Å². The van der Waals surface area contributed by atoms with Crippen molar-refractivity contribution >= 4 is 28.6 Å². The van der Waals surface area contributed by atoms with Crippen LogP contribution < -0.4 is 4.90 Å². The van der Waals surface area contributed by atoms with E-state index in [1.807, 2.05) is 0 Å². The number of anilines is 1. The number of aromatic amines is 1. The molecule has 0 unspecified atom stereocenters. The summed E-state index contributed by atoms with van der Waals surface area (Å²) in [5.41, 5.74) is 1.93. The van der Waals surface area contributed by atoms with Crippen molar-refractivity contribution in [3.05, 3.63) is 11.3 Å². The summed E-state index contributed by atoms with van der Waals surface area (Å²) in [5, 5.41) is 7.22. The van der Waals surface area contributed by atoms with Crippen LogP contribution in [0.4, 0.5) is 5.82 Å². The summed E-state index contributed by atoms with van der Waals surface area (Å²) in [6.07, 6.45) is 7.21. The van der Waals surface area contributed by atoms with Gasteiger partial charge in [-0.25, -0.2) is 9.97 Å². The van der Waals surface area contributed by atoms with Crippen molar-refractivity contribution in [2.24, 2.45) is 5.41 Å². The SMILES string of the molecule is Clc1[nH]nc2nc(N3CCC4(CC3)CC4)cnc12. The highest BCUT2D eigenvalue weighted by molar-refractivity contribution is 6.33. The van der Waals surface area contributed by atoms with E-state index in [4.69, 9.17) is 11.6 Å². The lowest BCUT2D eigenvalue weighted by Crippen LogP contribution is -2.35. The maximum atomic E-state index is 5.92. The molecule has 6 heteroatoms. The number of piperidine rings is 1. The monoisotopic (exact) mass is 263 g/mol. The molecule has 1 N–H and O–H groups in total. The zero-order chi connectivity index (χ0) is 12.2. The van der Waals surface area contributed by atoms with Crippen LogP contribution in [0, 0.1) is 5.41 Å². The maximum absolute atomic E-state index is 5.92. The van der Waals surface area contributed by atoms with Gasteiger partial charge in [0.05, 0.1) is 6.20 Å². The first-order valence-electron chi connectivity index (χ1n) is 6.37. The molecule has 2 aromatic heterocycles. The van der Waals surface area contributed by atoms with Crippen LogP contribution in [0.2, 0.25) is 5.15 Å². The Morgan fingerprint density at radius 2 is 2.00 bits per heavy atom. The lowest BCUT2D eigenvalue weighted by Gasteiger charge is -2.32. The van der Waals surface area contributed by atoms with Crippen molar-refractivity contribution in [1.29, 1.82) is 0 Å². The number of hydrogen-bond acceptors (Lipinski definition) is 4. The predicted octanol–water partition coefficient (Wildman–Crippen LogP) is 2.39. The fourth-order valence-electron chi connectivity index (χ4n) is 2.80. The van der Waals surface area contributed by atoms with Gasteiger partial charge in [-0.15, -0.1) is 0 Å². The van der Waals surface area contributed by atoms with E-state index in [0.717, 1.165) is 18.9 Å². The Morgan fingerprint density at radius 1 is 1.22 bits per heavy atom. The van der Waals surface area contributed by atoms with E-state index in [2.05, 4.69) is 25.1 Å². The molecule has 94 valence electrons. The fourth-order valence-corrected chi connectivity index (χ4v) is 2.97. The van der Waals surface area contributed by atoms with Gasteiger partial charge in [-0.3, -0.25) is 5.10 Å². The second-order valence-corrected chi connectivity index (χ2v) is 5.80. The Morgan fingerprint density at radius 3 is 2.72 bits per heavy atom. The molecule has 4 rings (SSSR count). The summed E-state index contributed by atoms with van der Waals surface area (Å²) >= 11 is 5.92. The number of nitrogens with zero attached hydrogens (tertiary/aromatic N) is 4. The predicted molar refractivity (Wildman–Crippen MR) is 69.8 cm³/mol. The molecule has 0 bridgehead atoms. The molecule has 1 saturated carbocycles. The molecule has 2 aliphatic rings. The van der Waals surface area contributed by atoms with Crippen LogP contribution in [0.5, 0.6) is 0 Å². The number of aromatic nitrogens is 4. The van der Waals surface area contributed by atoms with Gasteiger partial charge in [0.25, 0.3) is 0 Å². The number of rotatable bonds is 1. The molecule has 1 aliphatic heterocycles. The first-order chi connectivity index (χ1) is 8.76. The Labute approximate surface area is 110 Å². The van der Waals surface area contributed by atoms with Crippen LogP contribution in [0.3, 0.4) is 0 Å². The summed E-state index contributed by atoms with van der Waals surface area (Å²) in [4.78, 5) is 11.2. The highest BCUT2D eigenvalue weighted by Crippen LogP contribution is 2.53. The fraction of sp³-hybridized carbons (Fsp3) is 0.583. The molecular formula is C12H14ClN5. The highest BCUT2D eigenvalue weighted by atomic mass is 35.5. The molecule has 1 spiro atoms. The highest BCUT2D eigenvalue weighted by Gasteiger charge is 2.44. The number of halogens is 1. The Bertz CT molecular complexity index is 594. The number of H-pyrrole nitrogens is 1. The third-order valence-corrected chi connectivity index (χ3v) is 4.58. The zero-order valence-corrected chi connectivity index (χ0v) is 10.7. The number of nitrogens with one attached hydrogen (secondary N) is 1. The van der Waals surface area contributed by atoms with Gasteiger partial charge in [0.2, 0.25) is 5.65 Å². The quantitative estimate of drug-likeness (QED) is 0.858. The molecule has 5 nitrogen and oxygen atoms in total. The molecule has 18 heavy (non-hydrogen) atoms. The van der Waals surface area contributed by atoms with Crippen LogP contribution >= 0.6 is 11.6 Å². The summed E-state index contributed by atoms with van der Waals surface area (Å²) in [6, 6.07) is 0. The first kappa shape index (κ1) is 10.6. The molecule has 3 heterocycles. The van der Waals surface area contributed by atoms with E-state index in [1.165, 1.54) is 25.7 Å². The van der Waals surface area contributed by atoms with Crippen molar-refractivity contribution in [1.82, 2.24) is 20.2 Å². The van der Waals surface area contributed by atoms with Crippen molar-refractivity contribution < 1.29 is 0 Å². The van der Waals surface area contributed by atoms with E-state index in [9.17, 15) is 0 Å².